The first kappa shape index (κ1) is 64.9. The number of carboxylic acids is 1. The lowest BCUT2D eigenvalue weighted by Gasteiger charge is -2.13. The number of azo groups is 4. The van der Waals surface area contributed by atoms with Crippen LogP contribution in [0, 0.1) is 10.1 Å². The lowest BCUT2D eigenvalue weighted by atomic mass is 10.1. The van der Waals surface area contributed by atoms with Crippen molar-refractivity contribution >= 4 is 152 Å². The molecule has 45 heteroatoms. The molecule has 458 valence electrons. The summed E-state index contributed by atoms with van der Waals surface area (Å²) in [6.45, 7) is -0.121. The maximum atomic E-state index is 13.1. The summed E-state index contributed by atoms with van der Waals surface area (Å²) in [6, 6.07) is 13.0. The lowest BCUT2D eigenvalue weighted by Crippen LogP contribution is -2.03. The summed E-state index contributed by atoms with van der Waals surface area (Å²) in [5, 5.41) is 85.5. The van der Waals surface area contributed by atoms with Gasteiger partial charge in [0.2, 0.25) is 11.6 Å². The molecular formula is C43H28N12O27S6. The van der Waals surface area contributed by atoms with Crippen LogP contribution in [0.2, 0.25) is 0 Å². The van der Waals surface area contributed by atoms with Gasteiger partial charge in [-0.25, -0.2) is 4.79 Å². The fourth-order valence-electron chi connectivity index (χ4n) is 7.58. The van der Waals surface area contributed by atoms with Crippen molar-refractivity contribution < 1.29 is 117 Å². The van der Waals surface area contributed by atoms with Crippen LogP contribution in [0.4, 0.5) is 56.9 Å². The number of ether oxygens (including phenoxy) is 1. The van der Waals surface area contributed by atoms with E-state index in [9.17, 15) is 105 Å². The van der Waals surface area contributed by atoms with Gasteiger partial charge in [-0.15, -0.1) is 53.5 Å². The number of aromatic hydroxyl groups is 3. The molecule has 0 aliphatic rings. The number of carbonyl (C=O) groups excluding carboxylic acids is 1. The Labute approximate surface area is 489 Å². The van der Waals surface area contributed by atoms with Gasteiger partial charge in [0.25, 0.3) is 68.6 Å². The zero-order valence-electron chi connectivity index (χ0n) is 42.1. The Morgan fingerprint density at radius 2 is 1.11 bits per heavy atom. The number of nitro groups is 1. The first-order chi connectivity index (χ1) is 40.8. The number of fused-ring (bicyclic) bond motifs is 2. The van der Waals surface area contributed by atoms with Gasteiger partial charge < -0.3 is 30.9 Å². The molecule has 0 atom stereocenters. The molecule has 8 aromatic rings. The van der Waals surface area contributed by atoms with E-state index in [1.165, 1.54) is 0 Å². The highest BCUT2D eigenvalue weighted by Crippen LogP contribution is 2.49. The number of phenolic OH excluding ortho intramolecular Hbond substituents is 2. The lowest BCUT2D eigenvalue weighted by molar-refractivity contribution is -0.385. The highest BCUT2D eigenvalue weighted by Gasteiger charge is 2.30. The minimum atomic E-state index is -5.66. The zero-order chi connectivity index (χ0) is 65.3. The molecule has 0 saturated heterocycles. The summed E-state index contributed by atoms with van der Waals surface area (Å²) in [7, 11) is -29.5. The number of nitro benzene ring substituents is 1. The van der Waals surface area contributed by atoms with Crippen LogP contribution in [0.15, 0.2) is 162 Å². The molecule has 0 aliphatic carbocycles. The van der Waals surface area contributed by atoms with Gasteiger partial charge >= 0.3 is 16.6 Å². The van der Waals surface area contributed by atoms with Gasteiger partial charge in [-0.05, 0) is 78.9 Å². The predicted octanol–water partition coefficient (Wildman–Crippen LogP) is 6.91. The molecule has 0 unspecified atom stereocenters. The van der Waals surface area contributed by atoms with E-state index in [1.54, 1.807) is 0 Å². The normalized spacial score (nSPS) is 12.5. The van der Waals surface area contributed by atoms with Crippen molar-refractivity contribution in [2.45, 2.75) is 24.5 Å². The van der Waals surface area contributed by atoms with Crippen LogP contribution in [0.1, 0.15) is 10.4 Å². The number of hydrogen-bond acceptors (Lipinski definition) is 31. The number of aromatic nitrogens is 2. The van der Waals surface area contributed by atoms with Crippen LogP contribution in [-0.4, -0.2) is 125 Å². The van der Waals surface area contributed by atoms with Crippen LogP contribution in [0.25, 0.3) is 27.2 Å². The van der Waals surface area contributed by atoms with Gasteiger partial charge in [-0.3, -0.25) is 37.7 Å². The topological polar surface area (TPSA) is 633 Å². The zero-order valence-corrected chi connectivity index (χ0v) is 47.0. The third-order valence-electron chi connectivity index (χ3n) is 11.3. The number of nitrogen functional groups attached to an aromatic ring is 1. The summed E-state index contributed by atoms with van der Waals surface area (Å²) in [5.74, 6) is -5.63. The molecule has 0 fully saturated rings. The summed E-state index contributed by atoms with van der Waals surface area (Å²) >= 11 is 0. The third-order valence-corrected chi connectivity index (χ3v) is 15.7. The highest BCUT2D eigenvalue weighted by atomic mass is 32.2. The van der Waals surface area contributed by atoms with E-state index < -0.39 is 204 Å². The summed E-state index contributed by atoms with van der Waals surface area (Å²) in [6.07, 6.45) is 0. The first-order valence-electron chi connectivity index (χ1n) is 22.2. The first-order valence-corrected chi connectivity index (χ1v) is 30.4. The second-order valence-corrected chi connectivity index (χ2v) is 24.0. The van der Waals surface area contributed by atoms with Crippen molar-refractivity contribution in [2.24, 2.45) is 40.9 Å². The number of carbonyl (C=O) groups is 2. The number of nitrogens with zero attached hydrogens (tertiary/aromatic N) is 11. The molecule has 88 heavy (non-hydrogen) atoms. The molecule has 8 rings (SSSR count). The van der Waals surface area contributed by atoms with Crippen molar-refractivity contribution in [3.63, 3.8) is 0 Å². The maximum Gasteiger partial charge on any atom is 0.425 e. The molecule has 0 saturated carbocycles. The van der Waals surface area contributed by atoms with E-state index in [2.05, 4.69) is 46.0 Å². The largest absolute Gasteiger partial charge is 0.505 e. The standard InChI is InChI=1S/C43H28N12O24S5.O3S/c44-35-30(16-31(81(67,68)69)23-8-11-28(39(58)34(23)35)48-47-27-10-4-20(55(62)63)14-32(27)82(70,71)72)50-49-29-12-7-22-24(40(29)84(76,77)78)15-33(83(73,74)75)36(38(22)57)51-45-18-1-9-26(25(13-18)43(60)61)46-52-37-41(79-17-56)53-54(42(37)59)19-2-5-21(6-3-19)80(64,65)66;1-4(2)3/h1-17,57-59H,44H2,(H,60,61)(H,64,65,66)(H,67,68,69)(H,70,71,72)(H,73,74,75)(H,76,77,78);. The van der Waals surface area contributed by atoms with Gasteiger partial charge in [0, 0.05) is 28.3 Å². The maximum absolute atomic E-state index is 13.1. The van der Waals surface area contributed by atoms with Crippen molar-refractivity contribution in [1.29, 1.82) is 0 Å². The van der Waals surface area contributed by atoms with Gasteiger partial charge in [-0.2, -0.15) is 51.9 Å². The van der Waals surface area contributed by atoms with Gasteiger partial charge in [0.05, 0.1) is 37.8 Å². The molecule has 0 radical (unpaired) electrons. The SMILES string of the molecule is Nc1c(N=Nc2ccc3c(O)c(N=Nc4ccc(N=Nc5c(OC=O)nn(-c6ccc(S(=O)(=O)O)cc6)c5O)c(C(=O)O)c4)c(S(=O)(=O)O)cc3c2S(=O)(=O)O)cc(S(=O)(=O)O)c2ccc(N=Nc3ccc([N+](=O)[O-])cc3S(=O)(=O)O)c(O)c12.O=S(=O)=O. The Kier molecular flexibility index (Phi) is 18.0. The quantitative estimate of drug-likeness (QED) is 0.0104. The highest BCUT2D eigenvalue weighted by molar-refractivity contribution is 7.87. The minimum absolute atomic E-state index is 0.0656. The van der Waals surface area contributed by atoms with Crippen LogP contribution >= 0.6 is 0 Å². The number of hydrogen-bond donors (Lipinski definition) is 10. The number of aromatic carboxylic acids is 1. The number of non-ortho nitro benzene ring substituents is 1. The molecule has 7 aromatic carbocycles. The fraction of sp³-hybridized carbons (Fsp3) is 0. The Balaban J connectivity index is 0.00000268. The molecule has 0 spiro atoms. The Bertz CT molecular complexity index is 5180. The molecule has 39 nitrogen and oxygen atoms in total. The molecule has 1 heterocycles. The molecule has 0 amide bonds. The summed E-state index contributed by atoms with van der Waals surface area (Å²) < 4.78 is 205. The smallest absolute Gasteiger partial charge is 0.425 e. The number of nitrogens with two attached hydrogens (primary N) is 1. The van der Waals surface area contributed by atoms with Crippen LogP contribution in [-0.2, 0) is 66.0 Å². The second-order valence-electron chi connectivity index (χ2n) is 16.6. The third kappa shape index (κ3) is 14.0. The molecular weight excluding hydrogens is 1310 g/mol. The van der Waals surface area contributed by atoms with E-state index in [4.69, 9.17) is 23.1 Å². The van der Waals surface area contributed by atoms with Crippen LogP contribution in [0.5, 0.6) is 23.3 Å². The second kappa shape index (κ2) is 24.4. The average Bonchev–Trinajstić information content (AvgIpc) is 0.979. The van der Waals surface area contributed by atoms with E-state index in [0.717, 1.165) is 78.9 Å². The number of carboxylic acid groups (broad SMARTS) is 1. The number of anilines is 1. The Morgan fingerprint density at radius 1 is 0.580 bits per heavy atom. The molecule has 0 aliphatic heterocycles. The van der Waals surface area contributed by atoms with Crippen molar-refractivity contribution in [2.75, 3.05) is 5.73 Å². The van der Waals surface area contributed by atoms with Crippen molar-refractivity contribution in [3.05, 3.63) is 113 Å². The van der Waals surface area contributed by atoms with Crippen molar-refractivity contribution in [1.82, 2.24) is 9.78 Å². The van der Waals surface area contributed by atoms with Gasteiger partial charge in [0.15, 0.2) is 11.5 Å². The number of phenols is 2. The van der Waals surface area contributed by atoms with E-state index in [1.807, 2.05) is 0 Å². The van der Waals surface area contributed by atoms with Crippen molar-refractivity contribution in [3.8, 4) is 28.9 Å². The Morgan fingerprint density at radius 3 is 1.68 bits per heavy atom. The van der Waals surface area contributed by atoms with E-state index in [-0.39, 0.29) is 12.2 Å². The minimum Gasteiger partial charge on any atom is -0.505 e. The summed E-state index contributed by atoms with van der Waals surface area (Å²) in [5.41, 5.74) is -1.87. The van der Waals surface area contributed by atoms with Gasteiger partial charge in [0.1, 0.15) is 53.7 Å². The number of rotatable bonds is 18. The average molecular weight is 1340 g/mol. The predicted molar refractivity (Wildman–Crippen MR) is 290 cm³/mol. The van der Waals surface area contributed by atoms with Crippen LogP contribution in [0.3, 0.4) is 0 Å². The molecule has 0 bridgehead atoms. The summed E-state index contributed by atoms with van der Waals surface area (Å²) in [4.78, 5) is 28.4. The van der Waals surface area contributed by atoms with Gasteiger partial charge in [-0.1, -0.05) is 6.07 Å². The Hall–Kier alpha value is -10.6. The molecule has 1 aromatic heterocycles. The fourth-order valence-corrected chi connectivity index (χ4v) is 10.9. The monoisotopic (exact) mass is 1340 g/mol. The van der Waals surface area contributed by atoms with E-state index >= 15 is 0 Å². The number of benzene rings is 7. The van der Waals surface area contributed by atoms with Crippen LogP contribution < -0.4 is 10.5 Å². The molecule has 11 N–H and O–H groups in total. The van der Waals surface area contributed by atoms with E-state index in [0.29, 0.717) is 22.9 Å².